The maximum Gasteiger partial charge on any atom is 0.245 e. The fourth-order valence-corrected chi connectivity index (χ4v) is 3.74. The van der Waals surface area contributed by atoms with Crippen LogP contribution < -0.4 is 19.5 Å². The molecule has 0 aromatic heterocycles. The number of nitrogens with one attached hydrogen (secondary N) is 2. The van der Waals surface area contributed by atoms with Gasteiger partial charge in [0.05, 0.1) is 20.3 Å². The second-order valence-corrected chi connectivity index (χ2v) is 6.39. The lowest BCUT2D eigenvalue weighted by molar-refractivity contribution is 0.391. The van der Waals surface area contributed by atoms with Gasteiger partial charge in [0, 0.05) is 12.6 Å². The van der Waals surface area contributed by atoms with E-state index in [9.17, 15) is 13.7 Å². The molecule has 1 aliphatic rings. The highest BCUT2D eigenvalue weighted by atomic mass is 32.2. The van der Waals surface area contributed by atoms with Crippen LogP contribution in [-0.4, -0.2) is 41.3 Å². The monoisotopic (exact) mass is 311 g/mol. The molecule has 0 unspecified atom stereocenters. The number of sulfonamides is 1. The van der Waals surface area contributed by atoms with Crippen molar-refractivity contribution in [1.29, 1.82) is 5.26 Å². The molecule has 1 saturated heterocycles. The quantitative estimate of drug-likeness (QED) is 0.808. The van der Waals surface area contributed by atoms with Crippen molar-refractivity contribution in [3.05, 3.63) is 18.2 Å². The van der Waals surface area contributed by atoms with Gasteiger partial charge < -0.3 is 14.8 Å². The number of nitriles is 1. The molecule has 0 amide bonds. The Labute approximate surface area is 123 Å². The number of hydrogen-bond acceptors (Lipinski definition) is 6. The zero-order chi connectivity index (χ0) is 15.5. The summed E-state index contributed by atoms with van der Waals surface area (Å²) < 4.78 is 37.8. The Morgan fingerprint density at radius 2 is 2.14 bits per heavy atom. The molecular weight excluding hydrogens is 294 g/mol. The molecule has 1 atom stereocenters. The second kappa shape index (κ2) is 5.89. The summed E-state index contributed by atoms with van der Waals surface area (Å²) in [4.78, 5) is -0.0501. The molecule has 0 aliphatic carbocycles. The van der Waals surface area contributed by atoms with Crippen LogP contribution in [0.1, 0.15) is 6.42 Å². The smallest absolute Gasteiger partial charge is 0.245 e. The molecule has 8 heteroatoms. The number of ether oxygens (including phenoxy) is 2. The molecule has 0 radical (unpaired) electrons. The summed E-state index contributed by atoms with van der Waals surface area (Å²) in [6, 6.07) is 6.53. The van der Waals surface area contributed by atoms with E-state index >= 15 is 0 Å². The Morgan fingerprint density at radius 1 is 1.38 bits per heavy atom. The summed E-state index contributed by atoms with van der Waals surface area (Å²) in [5.41, 5.74) is -1.13. The number of rotatable bonds is 5. The van der Waals surface area contributed by atoms with Gasteiger partial charge in [-0.05, 0) is 25.1 Å². The molecule has 2 N–H and O–H groups in total. The Balaban J connectivity index is 2.42. The van der Waals surface area contributed by atoms with Crippen molar-refractivity contribution in [2.24, 2.45) is 0 Å². The van der Waals surface area contributed by atoms with E-state index in [-0.39, 0.29) is 17.2 Å². The van der Waals surface area contributed by atoms with Gasteiger partial charge in [-0.15, -0.1) is 0 Å². The van der Waals surface area contributed by atoms with Gasteiger partial charge in [0.1, 0.15) is 21.9 Å². The van der Waals surface area contributed by atoms with Crippen LogP contribution in [0.5, 0.6) is 11.5 Å². The Kier molecular flexibility index (Phi) is 4.37. The number of hydrogen-bond donors (Lipinski definition) is 2. The zero-order valence-electron chi connectivity index (χ0n) is 11.8. The van der Waals surface area contributed by atoms with Crippen LogP contribution in [-0.2, 0) is 10.0 Å². The van der Waals surface area contributed by atoms with Crippen molar-refractivity contribution in [2.75, 3.05) is 27.3 Å². The summed E-state index contributed by atoms with van der Waals surface area (Å²) in [7, 11) is -1.07. The van der Waals surface area contributed by atoms with E-state index in [1.807, 2.05) is 6.07 Å². The molecule has 2 rings (SSSR count). The van der Waals surface area contributed by atoms with Crippen molar-refractivity contribution < 1.29 is 17.9 Å². The first-order chi connectivity index (χ1) is 9.96. The van der Waals surface area contributed by atoms with Crippen molar-refractivity contribution in [3.63, 3.8) is 0 Å². The first-order valence-corrected chi connectivity index (χ1v) is 7.83. The van der Waals surface area contributed by atoms with Crippen LogP contribution in [0.25, 0.3) is 0 Å². The predicted octanol–water partition coefficient (Wildman–Crippen LogP) is 0.238. The standard InChI is InChI=1S/C13H17N3O4S/c1-19-10-3-4-11(20-2)12(7-10)21(17,18)16-13(8-14)5-6-15-9-13/h3-4,7,15-16H,5-6,9H2,1-2H3/t13-/m0/s1. The molecule has 0 saturated carbocycles. The molecule has 21 heavy (non-hydrogen) atoms. The van der Waals surface area contributed by atoms with Crippen molar-refractivity contribution in [1.82, 2.24) is 10.0 Å². The van der Waals surface area contributed by atoms with E-state index in [0.717, 1.165) is 0 Å². The number of benzene rings is 1. The highest BCUT2D eigenvalue weighted by molar-refractivity contribution is 7.89. The number of methoxy groups -OCH3 is 2. The van der Waals surface area contributed by atoms with Crippen molar-refractivity contribution >= 4 is 10.0 Å². The van der Waals surface area contributed by atoms with E-state index in [0.29, 0.717) is 18.7 Å². The van der Waals surface area contributed by atoms with Gasteiger partial charge in [-0.3, -0.25) is 0 Å². The predicted molar refractivity (Wildman–Crippen MR) is 75.7 cm³/mol. The first-order valence-electron chi connectivity index (χ1n) is 6.34. The van der Waals surface area contributed by atoms with Gasteiger partial charge in [-0.2, -0.15) is 9.98 Å². The maximum atomic E-state index is 12.6. The third-order valence-electron chi connectivity index (χ3n) is 3.36. The van der Waals surface area contributed by atoms with Gasteiger partial charge in [-0.1, -0.05) is 0 Å². The third kappa shape index (κ3) is 3.10. The van der Waals surface area contributed by atoms with E-state index in [1.165, 1.54) is 26.4 Å². The molecule has 1 aromatic rings. The van der Waals surface area contributed by atoms with E-state index in [1.54, 1.807) is 6.07 Å². The number of nitrogens with zero attached hydrogens (tertiary/aromatic N) is 1. The third-order valence-corrected chi connectivity index (χ3v) is 4.92. The molecule has 1 heterocycles. The molecule has 0 bridgehead atoms. The van der Waals surface area contributed by atoms with Gasteiger partial charge in [0.25, 0.3) is 0 Å². The van der Waals surface area contributed by atoms with Crippen LogP contribution in [0.15, 0.2) is 23.1 Å². The lowest BCUT2D eigenvalue weighted by Gasteiger charge is -2.22. The highest BCUT2D eigenvalue weighted by Crippen LogP contribution is 2.29. The second-order valence-electron chi connectivity index (χ2n) is 4.74. The van der Waals surface area contributed by atoms with E-state index in [2.05, 4.69) is 10.0 Å². The molecule has 114 valence electrons. The molecule has 1 aliphatic heterocycles. The maximum absolute atomic E-state index is 12.6. The fraction of sp³-hybridized carbons (Fsp3) is 0.462. The Morgan fingerprint density at radius 3 is 2.67 bits per heavy atom. The van der Waals surface area contributed by atoms with Gasteiger partial charge >= 0.3 is 0 Å². The highest BCUT2D eigenvalue weighted by Gasteiger charge is 2.39. The van der Waals surface area contributed by atoms with Crippen LogP contribution in [0, 0.1) is 11.3 Å². The minimum atomic E-state index is -3.91. The van der Waals surface area contributed by atoms with Crippen LogP contribution in [0.3, 0.4) is 0 Å². The lowest BCUT2D eigenvalue weighted by Crippen LogP contribution is -2.48. The molecule has 7 nitrogen and oxygen atoms in total. The summed E-state index contributed by atoms with van der Waals surface area (Å²) in [6.07, 6.45) is 0.412. The molecule has 1 aromatic carbocycles. The van der Waals surface area contributed by atoms with Crippen LogP contribution in [0.4, 0.5) is 0 Å². The van der Waals surface area contributed by atoms with Crippen molar-refractivity contribution in [2.45, 2.75) is 16.9 Å². The average molecular weight is 311 g/mol. The van der Waals surface area contributed by atoms with Crippen LogP contribution >= 0.6 is 0 Å². The summed E-state index contributed by atoms with van der Waals surface area (Å²) in [6.45, 7) is 0.861. The summed E-state index contributed by atoms with van der Waals surface area (Å²) in [5.74, 6) is 0.592. The normalized spacial score (nSPS) is 21.8. The van der Waals surface area contributed by atoms with Crippen LogP contribution in [0.2, 0.25) is 0 Å². The van der Waals surface area contributed by atoms with E-state index < -0.39 is 15.6 Å². The first kappa shape index (κ1) is 15.6. The largest absolute Gasteiger partial charge is 0.497 e. The van der Waals surface area contributed by atoms with Crippen molar-refractivity contribution in [3.8, 4) is 17.6 Å². The van der Waals surface area contributed by atoms with Gasteiger partial charge in [0.2, 0.25) is 10.0 Å². The Bertz CT molecular complexity index is 660. The summed E-state index contributed by atoms with van der Waals surface area (Å²) >= 11 is 0. The molecular formula is C13H17N3O4S. The molecule has 0 spiro atoms. The zero-order valence-corrected chi connectivity index (χ0v) is 12.7. The Hall–Kier alpha value is -1.82. The fourth-order valence-electron chi connectivity index (χ4n) is 2.20. The van der Waals surface area contributed by atoms with Gasteiger partial charge in [-0.25, -0.2) is 8.42 Å². The lowest BCUT2D eigenvalue weighted by atomic mass is 10.0. The van der Waals surface area contributed by atoms with Gasteiger partial charge in [0.15, 0.2) is 0 Å². The minimum absolute atomic E-state index is 0.0501. The SMILES string of the molecule is COc1ccc(OC)c(S(=O)(=O)N[C@]2(C#N)CCNC2)c1. The summed E-state index contributed by atoms with van der Waals surface area (Å²) in [5, 5.41) is 12.3. The molecule has 1 fully saturated rings. The van der Waals surface area contributed by atoms with E-state index in [4.69, 9.17) is 9.47 Å². The minimum Gasteiger partial charge on any atom is -0.497 e. The average Bonchev–Trinajstić information content (AvgIpc) is 2.95. The topological polar surface area (TPSA) is 100 Å².